The Bertz CT molecular complexity index is 596. The summed E-state index contributed by atoms with van der Waals surface area (Å²) in [5.74, 6) is -0.385. The molecule has 0 unspecified atom stereocenters. The van der Waals surface area contributed by atoms with Crippen LogP contribution in [-0.4, -0.2) is 25.1 Å². The number of esters is 1. The number of ether oxygens (including phenoxy) is 1. The van der Waals surface area contributed by atoms with Crippen LogP contribution in [0, 0.1) is 0 Å². The van der Waals surface area contributed by atoms with Crippen molar-refractivity contribution in [3.05, 3.63) is 53.9 Å². The average molecular weight is 271 g/mol. The van der Waals surface area contributed by atoms with Gasteiger partial charge in [0.2, 0.25) is 0 Å². The Morgan fingerprint density at radius 2 is 2.05 bits per heavy atom. The van der Waals surface area contributed by atoms with Crippen molar-refractivity contribution in [3.63, 3.8) is 0 Å². The molecule has 0 aliphatic heterocycles. The maximum Gasteiger partial charge on any atom is 0.339 e. The highest BCUT2D eigenvalue weighted by Gasteiger charge is 2.08. The van der Waals surface area contributed by atoms with Crippen molar-refractivity contribution in [1.82, 2.24) is 4.98 Å². The van der Waals surface area contributed by atoms with E-state index in [1.165, 1.54) is 13.3 Å². The zero-order chi connectivity index (χ0) is 14.5. The number of anilines is 2. The van der Waals surface area contributed by atoms with Gasteiger partial charge in [0.25, 0.3) is 0 Å². The van der Waals surface area contributed by atoms with Crippen LogP contribution < -0.4 is 10.6 Å². The molecule has 5 nitrogen and oxygen atoms in total. The summed E-state index contributed by atoms with van der Waals surface area (Å²) in [7, 11) is 3.30. The second-order valence-electron chi connectivity index (χ2n) is 4.44. The number of nitrogens with zero attached hydrogens (tertiary/aromatic N) is 2. The molecule has 0 spiro atoms. The van der Waals surface area contributed by atoms with Crippen LogP contribution >= 0.6 is 0 Å². The van der Waals surface area contributed by atoms with E-state index >= 15 is 0 Å². The molecule has 20 heavy (non-hydrogen) atoms. The summed E-state index contributed by atoms with van der Waals surface area (Å²) in [5.41, 5.74) is 8.90. The molecule has 2 aromatic rings. The monoisotopic (exact) mass is 271 g/mol. The first-order chi connectivity index (χ1) is 9.61. The molecular formula is C15H17N3O2. The summed E-state index contributed by atoms with van der Waals surface area (Å²) >= 11 is 0. The molecule has 0 aliphatic carbocycles. The number of aromatic nitrogens is 1. The van der Waals surface area contributed by atoms with Crippen LogP contribution in [0.3, 0.4) is 0 Å². The maximum absolute atomic E-state index is 11.3. The van der Waals surface area contributed by atoms with Gasteiger partial charge in [-0.25, -0.2) is 4.79 Å². The lowest BCUT2D eigenvalue weighted by molar-refractivity contribution is 0.0600. The van der Waals surface area contributed by atoms with E-state index in [-0.39, 0.29) is 5.97 Å². The Balaban J connectivity index is 2.10. The maximum atomic E-state index is 11.3. The summed E-state index contributed by atoms with van der Waals surface area (Å²) in [6, 6.07) is 11.2. The second-order valence-corrected chi connectivity index (χ2v) is 4.44. The number of pyridine rings is 1. The minimum atomic E-state index is -0.385. The largest absolute Gasteiger partial charge is 0.465 e. The van der Waals surface area contributed by atoms with Crippen molar-refractivity contribution >= 4 is 17.3 Å². The van der Waals surface area contributed by atoms with E-state index in [9.17, 15) is 4.79 Å². The second kappa shape index (κ2) is 6.06. The zero-order valence-corrected chi connectivity index (χ0v) is 11.5. The number of nitrogens with two attached hydrogens (primary N) is 1. The minimum Gasteiger partial charge on any atom is -0.465 e. The summed E-state index contributed by atoms with van der Waals surface area (Å²) < 4.78 is 4.64. The third kappa shape index (κ3) is 3.06. The van der Waals surface area contributed by atoms with Gasteiger partial charge in [0, 0.05) is 13.2 Å². The number of rotatable bonds is 4. The van der Waals surface area contributed by atoms with Gasteiger partial charge in [0.1, 0.15) is 0 Å². The number of para-hydroxylation sites is 2. The number of hydrogen-bond donors (Lipinski definition) is 1. The lowest BCUT2D eigenvalue weighted by atomic mass is 10.2. The Hall–Kier alpha value is -2.56. The molecule has 0 saturated heterocycles. The molecule has 0 radical (unpaired) electrons. The molecule has 5 heteroatoms. The molecule has 2 rings (SSSR count). The normalized spacial score (nSPS) is 10.1. The van der Waals surface area contributed by atoms with E-state index in [0.717, 1.165) is 17.1 Å². The molecule has 2 N–H and O–H groups in total. The first-order valence-corrected chi connectivity index (χ1v) is 6.20. The zero-order valence-electron chi connectivity index (χ0n) is 11.5. The number of carbonyl (C=O) groups excluding carboxylic acids is 1. The van der Waals surface area contributed by atoms with Gasteiger partial charge in [-0.15, -0.1) is 0 Å². The lowest BCUT2D eigenvalue weighted by Crippen LogP contribution is -2.18. The van der Waals surface area contributed by atoms with Gasteiger partial charge in [-0.2, -0.15) is 0 Å². The molecule has 1 heterocycles. The molecule has 0 atom stereocenters. The van der Waals surface area contributed by atoms with E-state index in [2.05, 4.69) is 9.72 Å². The van der Waals surface area contributed by atoms with Gasteiger partial charge in [0.15, 0.2) is 0 Å². The number of carbonyl (C=O) groups is 1. The quantitative estimate of drug-likeness (QED) is 0.681. The van der Waals surface area contributed by atoms with Gasteiger partial charge < -0.3 is 15.4 Å². The molecule has 0 amide bonds. The van der Waals surface area contributed by atoms with Crippen molar-refractivity contribution in [1.29, 1.82) is 0 Å². The molecule has 1 aromatic heterocycles. The van der Waals surface area contributed by atoms with E-state index in [1.54, 1.807) is 6.07 Å². The highest BCUT2D eigenvalue weighted by Crippen LogP contribution is 2.22. The molecule has 0 saturated carbocycles. The van der Waals surface area contributed by atoms with Crippen molar-refractivity contribution in [2.24, 2.45) is 0 Å². The lowest BCUT2D eigenvalue weighted by Gasteiger charge is -2.20. The van der Waals surface area contributed by atoms with Crippen molar-refractivity contribution in [2.45, 2.75) is 6.54 Å². The number of benzene rings is 1. The smallest absolute Gasteiger partial charge is 0.339 e. The number of nitrogen functional groups attached to an aromatic ring is 1. The third-order valence-corrected chi connectivity index (χ3v) is 2.99. The van der Waals surface area contributed by atoms with Crippen molar-refractivity contribution in [3.8, 4) is 0 Å². The summed E-state index contributed by atoms with van der Waals surface area (Å²) in [5, 5.41) is 0. The number of methoxy groups -OCH3 is 1. The van der Waals surface area contributed by atoms with E-state index < -0.39 is 0 Å². The highest BCUT2D eigenvalue weighted by molar-refractivity contribution is 5.88. The minimum absolute atomic E-state index is 0.385. The Labute approximate surface area is 118 Å². The molecule has 0 bridgehead atoms. The average Bonchev–Trinajstić information content (AvgIpc) is 2.47. The van der Waals surface area contributed by atoms with Crippen LogP contribution in [0.4, 0.5) is 11.4 Å². The first kappa shape index (κ1) is 13.9. The van der Waals surface area contributed by atoms with Crippen LogP contribution in [0.2, 0.25) is 0 Å². The van der Waals surface area contributed by atoms with Gasteiger partial charge in [-0.3, -0.25) is 4.98 Å². The van der Waals surface area contributed by atoms with E-state index in [0.29, 0.717) is 12.1 Å². The molecule has 104 valence electrons. The molecule has 1 aromatic carbocycles. The standard InChI is InChI=1S/C15H17N3O2/c1-18(14-6-4-3-5-13(14)16)10-12-8-7-11(9-17-12)15(19)20-2/h3-9H,10,16H2,1-2H3. The van der Waals surface area contributed by atoms with Crippen molar-refractivity contribution in [2.75, 3.05) is 24.8 Å². The fourth-order valence-electron chi connectivity index (χ4n) is 1.92. The fraction of sp³-hybridized carbons (Fsp3) is 0.200. The van der Waals surface area contributed by atoms with Gasteiger partial charge in [-0.1, -0.05) is 12.1 Å². The third-order valence-electron chi connectivity index (χ3n) is 2.99. The van der Waals surface area contributed by atoms with Crippen molar-refractivity contribution < 1.29 is 9.53 Å². The SMILES string of the molecule is COC(=O)c1ccc(CN(C)c2ccccc2N)nc1. The predicted octanol–water partition coefficient (Wildman–Crippen LogP) is 2.09. The summed E-state index contributed by atoms with van der Waals surface area (Å²) in [4.78, 5) is 17.6. The topological polar surface area (TPSA) is 68.5 Å². The van der Waals surface area contributed by atoms with Crippen LogP contribution in [0.5, 0.6) is 0 Å². The molecule has 0 aliphatic rings. The highest BCUT2D eigenvalue weighted by atomic mass is 16.5. The molecule has 0 fully saturated rings. The Morgan fingerprint density at radius 3 is 2.65 bits per heavy atom. The van der Waals surface area contributed by atoms with Crippen LogP contribution in [0.1, 0.15) is 16.1 Å². The van der Waals surface area contributed by atoms with Crippen LogP contribution in [-0.2, 0) is 11.3 Å². The number of hydrogen-bond acceptors (Lipinski definition) is 5. The Morgan fingerprint density at radius 1 is 1.30 bits per heavy atom. The summed E-state index contributed by atoms with van der Waals surface area (Å²) in [6.45, 7) is 0.607. The Kier molecular flexibility index (Phi) is 4.20. The van der Waals surface area contributed by atoms with E-state index in [1.807, 2.05) is 42.3 Å². The van der Waals surface area contributed by atoms with Crippen LogP contribution in [0.15, 0.2) is 42.6 Å². The fourth-order valence-corrected chi connectivity index (χ4v) is 1.92. The van der Waals surface area contributed by atoms with Gasteiger partial charge >= 0.3 is 5.97 Å². The van der Waals surface area contributed by atoms with Crippen LogP contribution in [0.25, 0.3) is 0 Å². The predicted molar refractivity (Wildman–Crippen MR) is 78.5 cm³/mol. The first-order valence-electron chi connectivity index (χ1n) is 6.20. The van der Waals surface area contributed by atoms with Gasteiger partial charge in [-0.05, 0) is 24.3 Å². The van der Waals surface area contributed by atoms with Gasteiger partial charge in [0.05, 0.1) is 36.3 Å². The van der Waals surface area contributed by atoms with E-state index in [4.69, 9.17) is 5.73 Å². The summed E-state index contributed by atoms with van der Waals surface area (Å²) in [6.07, 6.45) is 1.52. The molecular weight excluding hydrogens is 254 g/mol.